The molecular formula is C6H10F2O5. The van der Waals surface area contributed by atoms with Crippen LogP contribution in [0.5, 0.6) is 0 Å². The molecule has 0 aromatic heterocycles. The summed E-state index contributed by atoms with van der Waals surface area (Å²) in [4.78, 5) is 0. The average molecular weight is 200 g/mol. The van der Waals surface area contributed by atoms with Crippen molar-refractivity contribution in [3.8, 4) is 0 Å². The Balaban J connectivity index is 2.79. The van der Waals surface area contributed by atoms with Gasteiger partial charge in [0.2, 0.25) is 6.29 Å². The standard InChI is InChI=1S/C6H10F2O5/c7-6(8)4(11)3(10)2(1-9)13-5(6)12/h2-5,9-12H,1H2/t2-,3-,4+,5?/m1/s1. The minimum Gasteiger partial charge on any atom is -0.394 e. The van der Waals surface area contributed by atoms with Crippen molar-refractivity contribution in [1.82, 2.24) is 0 Å². The van der Waals surface area contributed by atoms with Crippen LogP contribution in [0.1, 0.15) is 0 Å². The van der Waals surface area contributed by atoms with Gasteiger partial charge in [-0.15, -0.1) is 0 Å². The van der Waals surface area contributed by atoms with E-state index in [-0.39, 0.29) is 0 Å². The Kier molecular flexibility index (Phi) is 2.83. The molecule has 0 spiro atoms. The zero-order valence-corrected chi connectivity index (χ0v) is 6.47. The van der Waals surface area contributed by atoms with E-state index in [2.05, 4.69) is 4.74 Å². The van der Waals surface area contributed by atoms with Crippen molar-refractivity contribution in [3.63, 3.8) is 0 Å². The fourth-order valence-electron chi connectivity index (χ4n) is 1.06. The molecule has 0 aromatic carbocycles. The molecule has 1 fully saturated rings. The first-order chi connectivity index (χ1) is 5.91. The third-order valence-electron chi connectivity index (χ3n) is 1.91. The van der Waals surface area contributed by atoms with Crippen molar-refractivity contribution < 1.29 is 33.9 Å². The maximum atomic E-state index is 12.7. The SMILES string of the molecule is OC[C@H]1OC(O)C(F)(F)[C@@H](O)[C@@H]1O. The molecule has 0 aromatic rings. The predicted molar refractivity (Wildman–Crippen MR) is 34.9 cm³/mol. The van der Waals surface area contributed by atoms with Gasteiger partial charge in [0.1, 0.15) is 12.2 Å². The maximum absolute atomic E-state index is 12.7. The van der Waals surface area contributed by atoms with Gasteiger partial charge in [0.25, 0.3) is 0 Å². The number of ether oxygens (including phenoxy) is 1. The Morgan fingerprint density at radius 3 is 2.23 bits per heavy atom. The second-order valence-corrected chi connectivity index (χ2v) is 2.82. The van der Waals surface area contributed by atoms with Crippen molar-refractivity contribution in [3.05, 3.63) is 0 Å². The summed E-state index contributed by atoms with van der Waals surface area (Å²) < 4.78 is 29.5. The number of rotatable bonds is 1. The van der Waals surface area contributed by atoms with Gasteiger partial charge >= 0.3 is 5.92 Å². The van der Waals surface area contributed by atoms with Gasteiger partial charge in [0.15, 0.2) is 6.10 Å². The lowest BCUT2D eigenvalue weighted by Gasteiger charge is -2.39. The van der Waals surface area contributed by atoms with Gasteiger partial charge in [-0.1, -0.05) is 0 Å². The minimum atomic E-state index is -3.93. The average Bonchev–Trinajstić information content (AvgIpc) is 2.09. The van der Waals surface area contributed by atoms with E-state index in [1.165, 1.54) is 0 Å². The molecular weight excluding hydrogens is 190 g/mol. The van der Waals surface area contributed by atoms with Crippen molar-refractivity contribution in [1.29, 1.82) is 0 Å². The van der Waals surface area contributed by atoms with Crippen LogP contribution in [0.4, 0.5) is 8.78 Å². The highest BCUT2D eigenvalue weighted by Gasteiger charge is 2.56. The highest BCUT2D eigenvalue weighted by molar-refractivity contribution is 4.93. The summed E-state index contributed by atoms with van der Waals surface area (Å²) in [6.07, 6.45) is -8.26. The van der Waals surface area contributed by atoms with Crippen LogP contribution in [-0.4, -0.2) is 57.6 Å². The molecule has 13 heavy (non-hydrogen) atoms. The van der Waals surface area contributed by atoms with Crippen LogP contribution in [0.3, 0.4) is 0 Å². The summed E-state index contributed by atoms with van der Waals surface area (Å²) in [7, 11) is 0. The first-order valence-corrected chi connectivity index (χ1v) is 3.59. The molecule has 5 nitrogen and oxygen atoms in total. The van der Waals surface area contributed by atoms with Crippen LogP contribution in [0, 0.1) is 0 Å². The van der Waals surface area contributed by atoms with Crippen LogP contribution < -0.4 is 0 Å². The Hall–Kier alpha value is -0.340. The van der Waals surface area contributed by atoms with Gasteiger partial charge in [-0.05, 0) is 0 Å². The maximum Gasteiger partial charge on any atom is 0.325 e. The lowest BCUT2D eigenvalue weighted by atomic mass is 9.98. The second kappa shape index (κ2) is 3.43. The van der Waals surface area contributed by atoms with Gasteiger partial charge in [0, 0.05) is 0 Å². The number of hydrogen-bond donors (Lipinski definition) is 4. The quantitative estimate of drug-likeness (QED) is 0.395. The summed E-state index contributed by atoms with van der Waals surface area (Å²) in [5.74, 6) is -3.93. The van der Waals surface area contributed by atoms with Crippen molar-refractivity contribution in [2.24, 2.45) is 0 Å². The normalized spacial score (nSPS) is 44.8. The molecule has 7 heteroatoms. The number of aliphatic hydroxyl groups is 4. The molecule has 4 atom stereocenters. The van der Waals surface area contributed by atoms with E-state index >= 15 is 0 Å². The summed E-state index contributed by atoms with van der Waals surface area (Å²) in [5, 5.41) is 35.0. The third kappa shape index (κ3) is 1.65. The van der Waals surface area contributed by atoms with E-state index in [1.54, 1.807) is 0 Å². The van der Waals surface area contributed by atoms with E-state index in [9.17, 15) is 8.78 Å². The monoisotopic (exact) mass is 200 g/mol. The fraction of sp³-hybridized carbons (Fsp3) is 1.00. The molecule has 0 radical (unpaired) electrons. The molecule has 78 valence electrons. The van der Waals surface area contributed by atoms with E-state index in [4.69, 9.17) is 20.4 Å². The number of hydrogen-bond acceptors (Lipinski definition) is 5. The van der Waals surface area contributed by atoms with Gasteiger partial charge in [-0.2, -0.15) is 8.78 Å². The minimum absolute atomic E-state index is 0.759. The van der Waals surface area contributed by atoms with Crippen LogP contribution in [0.25, 0.3) is 0 Å². The van der Waals surface area contributed by atoms with Gasteiger partial charge in [-0.25, -0.2) is 0 Å². The Morgan fingerprint density at radius 2 is 1.77 bits per heavy atom. The number of aliphatic hydroxyl groups excluding tert-OH is 4. The Bertz CT molecular complexity index is 188. The molecule has 4 N–H and O–H groups in total. The lowest BCUT2D eigenvalue weighted by molar-refractivity contribution is -0.345. The second-order valence-electron chi connectivity index (χ2n) is 2.82. The van der Waals surface area contributed by atoms with Crippen LogP contribution in [0.15, 0.2) is 0 Å². The Labute approximate surface area is 72.2 Å². The topological polar surface area (TPSA) is 90.2 Å². The smallest absolute Gasteiger partial charge is 0.325 e. The Morgan fingerprint density at radius 1 is 1.23 bits per heavy atom. The van der Waals surface area contributed by atoms with Crippen LogP contribution in [-0.2, 0) is 4.74 Å². The summed E-state index contributed by atoms with van der Waals surface area (Å²) >= 11 is 0. The molecule has 0 amide bonds. The molecule has 0 bridgehead atoms. The largest absolute Gasteiger partial charge is 0.394 e. The fourth-order valence-corrected chi connectivity index (χ4v) is 1.06. The summed E-state index contributed by atoms with van der Waals surface area (Å²) in [5.41, 5.74) is 0. The highest BCUT2D eigenvalue weighted by Crippen LogP contribution is 2.33. The van der Waals surface area contributed by atoms with Crippen LogP contribution in [0.2, 0.25) is 0 Å². The van der Waals surface area contributed by atoms with Gasteiger partial charge in [0.05, 0.1) is 6.61 Å². The molecule has 1 saturated heterocycles. The molecule has 1 aliphatic rings. The van der Waals surface area contributed by atoms with Gasteiger partial charge in [-0.3, -0.25) is 0 Å². The molecule has 1 heterocycles. The molecule has 1 rings (SSSR count). The summed E-state index contributed by atoms with van der Waals surface area (Å²) in [6, 6.07) is 0. The molecule has 0 saturated carbocycles. The molecule has 0 aliphatic carbocycles. The zero-order chi connectivity index (χ0) is 10.2. The first kappa shape index (κ1) is 10.7. The lowest BCUT2D eigenvalue weighted by Crippen LogP contribution is -2.62. The van der Waals surface area contributed by atoms with E-state index in [0.29, 0.717) is 0 Å². The number of halogens is 2. The first-order valence-electron chi connectivity index (χ1n) is 3.59. The third-order valence-corrected chi connectivity index (χ3v) is 1.91. The van der Waals surface area contributed by atoms with E-state index in [1.807, 2.05) is 0 Å². The van der Waals surface area contributed by atoms with E-state index < -0.39 is 37.1 Å². The van der Waals surface area contributed by atoms with Crippen molar-refractivity contribution in [2.75, 3.05) is 6.61 Å². The molecule has 1 unspecified atom stereocenters. The molecule has 1 aliphatic heterocycles. The number of alkyl halides is 2. The van der Waals surface area contributed by atoms with Gasteiger partial charge < -0.3 is 25.2 Å². The van der Waals surface area contributed by atoms with E-state index in [0.717, 1.165) is 0 Å². The zero-order valence-electron chi connectivity index (χ0n) is 6.47. The summed E-state index contributed by atoms with van der Waals surface area (Å²) in [6.45, 7) is -0.759. The highest BCUT2D eigenvalue weighted by atomic mass is 19.3. The predicted octanol–water partition coefficient (Wildman–Crippen LogP) is -1.95. The van der Waals surface area contributed by atoms with Crippen LogP contribution >= 0.6 is 0 Å². The van der Waals surface area contributed by atoms with Crippen molar-refractivity contribution in [2.45, 2.75) is 30.5 Å². The van der Waals surface area contributed by atoms with Crippen molar-refractivity contribution >= 4 is 0 Å².